The summed E-state index contributed by atoms with van der Waals surface area (Å²) in [4.78, 5) is 44.3. The lowest BCUT2D eigenvalue weighted by Crippen LogP contribution is -2.47. The van der Waals surface area contributed by atoms with E-state index in [1.807, 2.05) is 38.1 Å². The smallest absolute Gasteiger partial charge is 0.410 e. The maximum atomic E-state index is 13.7. The van der Waals surface area contributed by atoms with Crippen molar-refractivity contribution in [1.82, 2.24) is 14.7 Å². The van der Waals surface area contributed by atoms with Gasteiger partial charge in [-0.2, -0.15) is 0 Å². The van der Waals surface area contributed by atoms with Crippen LogP contribution in [0, 0.1) is 18.8 Å². The summed E-state index contributed by atoms with van der Waals surface area (Å²) in [5, 5.41) is 0.600. The van der Waals surface area contributed by atoms with Crippen molar-refractivity contribution < 1.29 is 27.9 Å². The average Bonchev–Trinajstić information content (AvgIpc) is 3.37. The zero-order valence-electron chi connectivity index (χ0n) is 22.7. The molecular formula is C30H34ClF2N3O4. The lowest BCUT2D eigenvalue weighted by atomic mass is 9.93. The van der Waals surface area contributed by atoms with E-state index in [1.54, 1.807) is 34.1 Å². The Bertz CT molecular complexity index is 1250. The molecule has 3 amide bonds. The molecule has 1 unspecified atom stereocenters. The number of aryl methyl sites for hydroxylation is 1. The third-order valence-electron chi connectivity index (χ3n) is 8.38. The first kappa shape index (κ1) is 28.3. The van der Waals surface area contributed by atoms with E-state index >= 15 is 0 Å². The second-order valence-corrected chi connectivity index (χ2v) is 11.5. The van der Waals surface area contributed by atoms with Crippen molar-refractivity contribution >= 4 is 29.5 Å². The molecular weight excluding hydrogens is 540 g/mol. The standard InChI is InChI=1S/C30H34ClF2N3O4/c1-3-36(29(39)40-23-10-4-19(2)5-11-23)26-18-35(17-24(26)20-6-8-22(31)9-7-20)27(37)21-12-14-34(15-13-21)28(38)25-16-30(25,32)33/h4-11,21,24-26H,3,12-18H2,1-2H3/t24-,25?,26+/m0/s1. The van der Waals surface area contributed by atoms with Crippen molar-refractivity contribution in [3.05, 3.63) is 64.7 Å². The molecule has 3 fully saturated rings. The number of ether oxygens (including phenoxy) is 1. The third kappa shape index (κ3) is 5.94. The minimum Gasteiger partial charge on any atom is -0.410 e. The number of halogens is 3. The van der Waals surface area contributed by atoms with Crippen molar-refractivity contribution in [2.24, 2.45) is 11.8 Å². The lowest BCUT2D eigenvalue weighted by molar-refractivity contribution is -0.141. The number of hydrogen-bond donors (Lipinski definition) is 0. The monoisotopic (exact) mass is 573 g/mol. The van der Waals surface area contributed by atoms with Gasteiger partial charge in [0.25, 0.3) is 5.92 Å². The number of alkyl halides is 2. The fourth-order valence-corrected chi connectivity index (χ4v) is 6.02. The summed E-state index contributed by atoms with van der Waals surface area (Å²) in [6.45, 7) is 5.60. The maximum Gasteiger partial charge on any atom is 0.415 e. The van der Waals surface area contributed by atoms with Crippen LogP contribution in [-0.2, 0) is 9.59 Å². The van der Waals surface area contributed by atoms with E-state index in [0.717, 1.165) is 11.1 Å². The van der Waals surface area contributed by atoms with Crippen molar-refractivity contribution in [3.63, 3.8) is 0 Å². The van der Waals surface area contributed by atoms with Crippen LogP contribution < -0.4 is 4.74 Å². The highest BCUT2D eigenvalue weighted by molar-refractivity contribution is 6.30. The molecule has 2 heterocycles. The second kappa shape index (κ2) is 11.4. The first-order valence-electron chi connectivity index (χ1n) is 13.8. The summed E-state index contributed by atoms with van der Waals surface area (Å²) in [7, 11) is 0. The largest absolute Gasteiger partial charge is 0.415 e. The van der Waals surface area contributed by atoms with Gasteiger partial charge >= 0.3 is 6.09 Å². The van der Waals surface area contributed by atoms with E-state index < -0.39 is 23.8 Å². The highest BCUT2D eigenvalue weighted by atomic mass is 35.5. The first-order valence-corrected chi connectivity index (χ1v) is 14.2. The van der Waals surface area contributed by atoms with E-state index in [9.17, 15) is 23.2 Å². The summed E-state index contributed by atoms with van der Waals surface area (Å²) >= 11 is 6.13. The highest BCUT2D eigenvalue weighted by Crippen LogP contribution is 2.49. The van der Waals surface area contributed by atoms with Crippen LogP contribution in [0.15, 0.2) is 48.5 Å². The van der Waals surface area contributed by atoms with E-state index in [4.69, 9.17) is 16.3 Å². The molecule has 0 N–H and O–H groups in total. The number of rotatable bonds is 6. The van der Waals surface area contributed by atoms with Gasteiger partial charge in [0.15, 0.2) is 0 Å². The molecule has 214 valence electrons. The molecule has 3 atom stereocenters. The Hall–Kier alpha value is -3.20. The number of carbonyl (C=O) groups excluding carboxylic acids is 3. The van der Waals surface area contributed by atoms with Crippen LogP contribution in [0.25, 0.3) is 0 Å². The quantitative estimate of drug-likeness (QED) is 0.467. The van der Waals surface area contributed by atoms with Gasteiger partial charge in [-0.3, -0.25) is 9.59 Å². The molecule has 2 aromatic rings. The van der Waals surface area contributed by atoms with Gasteiger partial charge in [0, 0.05) is 56.0 Å². The van der Waals surface area contributed by atoms with Crippen molar-refractivity contribution in [2.45, 2.75) is 51.0 Å². The number of piperidine rings is 1. The predicted molar refractivity (Wildman–Crippen MR) is 147 cm³/mol. The Morgan fingerprint density at radius 1 is 0.975 bits per heavy atom. The first-order chi connectivity index (χ1) is 19.1. The summed E-state index contributed by atoms with van der Waals surface area (Å²) in [5.41, 5.74) is 2.03. The zero-order chi connectivity index (χ0) is 28.6. The van der Waals surface area contributed by atoms with Crippen LogP contribution in [0.4, 0.5) is 13.6 Å². The minimum atomic E-state index is -2.89. The van der Waals surface area contributed by atoms with Crippen LogP contribution in [0.3, 0.4) is 0 Å². The number of likely N-dealkylation sites (tertiary alicyclic amines) is 2. The van der Waals surface area contributed by atoms with Crippen LogP contribution in [0.1, 0.15) is 43.2 Å². The normalized spacial score (nSPS) is 24.1. The molecule has 2 saturated heterocycles. The van der Waals surface area contributed by atoms with E-state index in [-0.39, 0.29) is 30.2 Å². The molecule has 1 saturated carbocycles. The van der Waals surface area contributed by atoms with Gasteiger partial charge in [-0.1, -0.05) is 41.4 Å². The number of carbonyl (C=O) groups is 3. The topological polar surface area (TPSA) is 70.2 Å². The van der Waals surface area contributed by atoms with Gasteiger partial charge in [-0.05, 0) is 56.5 Å². The molecule has 0 radical (unpaired) electrons. The Labute approximate surface area is 238 Å². The Morgan fingerprint density at radius 3 is 2.17 bits per heavy atom. The lowest BCUT2D eigenvalue weighted by Gasteiger charge is -2.33. The number of hydrogen-bond acceptors (Lipinski definition) is 4. The molecule has 2 aliphatic heterocycles. The highest BCUT2D eigenvalue weighted by Gasteiger charge is 2.62. The van der Waals surface area contributed by atoms with Crippen LogP contribution in [0.2, 0.25) is 5.02 Å². The third-order valence-corrected chi connectivity index (χ3v) is 8.63. The van der Waals surface area contributed by atoms with E-state index in [0.29, 0.717) is 56.3 Å². The summed E-state index contributed by atoms with van der Waals surface area (Å²) < 4.78 is 32.5. The Morgan fingerprint density at radius 2 is 1.60 bits per heavy atom. The fraction of sp³-hybridized carbons (Fsp3) is 0.500. The summed E-state index contributed by atoms with van der Waals surface area (Å²) in [6.07, 6.45) is 0.00514. The van der Waals surface area contributed by atoms with Crippen LogP contribution >= 0.6 is 11.6 Å². The van der Waals surface area contributed by atoms with Gasteiger partial charge in [-0.25, -0.2) is 13.6 Å². The van der Waals surface area contributed by atoms with E-state index in [1.165, 1.54) is 4.90 Å². The predicted octanol–water partition coefficient (Wildman–Crippen LogP) is 5.36. The molecule has 0 spiro atoms. The van der Waals surface area contributed by atoms with Crippen molar-refractivity contribution in [1.29, 1.82) is 0 Å². The molecule has 5 rings (SSSR count). The van der Waals surface area contributed by atoms with Gasteiger partial charge in [0.2, 0.25) is 11.8 Å². The molecule has 1 aliphatic carbocycles. The maximum absolute atomic E-state index is 13.7. The van der Waals surface area contributed by atoms with Gasteiger partial charge in [-0.15, -0.1) is 0 Å². The van der Waals surface area contributed by atoms with Crippen molar-refractivity contribution in [2.75, 3.05) is 32.7 Å². The molecule has 0 aromatic heterocycles. The minimum absolute atomic E-state index is 0.0340. The molecule has 2 aromatic carbocycles. The van der Waals surface area contributed by atoms with Gasteiger partial charge < -0.3 is 19.4 Å². The average molecular weight is 574 g/mol. The number of amides is 3. The summed E-state index contributed by atoms with van der Waals surface area (Å²) in [5.74, 6) is -4.64. The number of likely N-dealkylation sites (N-methyl/N-ethyl adjacent to an activating group) is 1. The molecule has 10 heteroatoms. The number of nitrogens with zero attached hydrogens (tertiary/aromatic N) is 3. The fourth-order valence-electron chi connectivity index (χ4n) is 5.89. The molecule has 0 bridgehead atoms. The van der Waals surface area contributed by atoms with Crippen molar-refractivity contribution in [3.8, 4) is 5.75 Å². The Kier molecular flexibility index (Phi) is 8.04. The van der Waals surface area contributed by atoms with Gasteiger partial charge in [0.1, 0.15) is 11.7 Å². The van der Waals surface area contributed by atoms with Crippen LogP contribution in [0.5, 0.6) is 5.75 Å². The number of benzene rings is 2. The van der Waals surface area contributed by atoms with Gasteiger partial charge in [0.05, 0.1) is 6.04 Å². The Balaban J connectivity index is 1.29. The van der Waals surface area contributed by atoms with Crippen LogP contribution in [-0.4, -0.2) is 77.3 Å². The molecule has 40 heavy (non-hydrogen) atoms. The zero-order valence-corrected chi connectivity index (χ0v) is 23.4. The van der Waals surface area contributed by atoms with E-state index in [2.05, 4.69) is 0 Å². The SMILES string of the molecule is CCN(C(=O)Oc1ccc(C)cc1)[C@@H]1CN(C(=O)C2CCN(C(=O)C3CC3(F)F)CC2)C[C@H]1c1ccc(Cl)cc1. The summed E-state index contributed by atoms with van der Waals surface area (Å²) in [6, 6.07) is 14.4. The molecule has 7 nitrogen and oxygen atoms in total. The second-order valence-electron chi connectivity index (χ2n) is 11.1. The molecule has 3 aliphatic rings.